The minimum Gasteiger partial charge on any atom is -0.504 e. The lowest BCUT2D eigenvalue weighted by Gasteiger charge is -2.00. The average molecular weight is 308 g/mol. The summed E-state index contributed by atoms with van der Waals surface area (Å²) in [6.45, 7) is 0. The van der Waals surface area contributed by atoms with Crippen LogP contribution < -0.4 is 4.74 Å². The van der Waals surface area contributed by atoms with Crippen molar-refractivity contribution in [1.29, 1.82) is 0 Å². The molecule has 0 amide bonds. The maximum absolute atomic E-state index is 9.99. The Bertz CT molecular complexity index is 702. The summed E-state index contributed by atoms with van der Waals surface area (Å²) in [5, 5.41) is 17.1. The normalized spacial score (nSPS) is 9.39. The first-order valence-corrected chi connectivity index (χ1v) is 6.96. The number of hydrogen-bond acceptors (Lipinski definition) is 3. The molecule has 0 heterocycles. The number of phenols is 1. The Labute approximate surface area is 134 Å². The number of benzene rings is 3. The minimum atomic E-state index is -1.44. The molecule has 4 nitrogen and oxygen atoms in total. The van der Waals surface area contributed by atoms with Gasteiger partial charge >= 0.3 is 6.16 Å². The van der Waals surface area contributed by atoms with Crippen LogP contribution in [0.5, 0.6) is 11.5 Å². The molecule has 0 spiro atoms. The minimum absolute atomic E-state index is 0.0556. The second-order valence-corrected chi connectivity index (χ2v) is 4.57. The third-order valence-corrected chi connectivity index (χ3v) is 2.94. The Morgan fingerprint density at radius 2 is 1.13 bits per heavy atom. The first-order valence-electron chi connectivity index (χ1n) is 6.96. The standard InChI is InChI=1S/C12H10.C7H6O4/c1-3-7-11(8-4-1)12-9-5-2-6-10-12;8-5-3-1-2-4-6(5)11-7(9)10/h1-10H;1-4,8H,(H,9,10). The van der Waals surface area contributed by atoms with Crippen molar-refractivity contribution >= 4 is 6.16 Å². The molecule has 0 aliphatic rings. The van der Waals surface area contributed by atoms with Gasteiger partial charge < -0.3 is 14.9 Å². The maximum Gasteiger partial charge on any atom is 0.511 e. The highest BCUT2D eigenvalue weighted by atomic mass is 16.7. The third kappa shape index (κ3) is 5.21. The van der Waals surface area contributed by atoms with Gasteiger partial charge in [0.25, 0.3) is 0 Å². The van der Waals surface area contributed by atoms with Crippen molar-refractivity contribution in [3.05, 3.63) is 84.9 Å². The van der Waals surface area contributed by atoms with Crippen molar-refractivity contribution in [2.75, 3.05) is 0 Å². The molecule has 4 heteroatoms. The lowest BCUT2D eigenvalue weighted by atomic mass is 10.1. The number of hydrogen-bond donors (Lipinski definition) is 2. The molecule has 2 N–H and O–H groups in total. The number of carbonyl (C=O) groups is 1. The largest absolute Gasteiger partial charge is 0.511 e. The maximum atomic E-state index is 9.99. The zero-order chi connectivity index (χ0) is 16.5. The van der Waals surface area contributed by atoms with E-state index in [0.29, 0.717) is 0 Å². The smallest absolute Gasteiger partial charge is 0.504 e. The van der Waals surface area contributed by atoms with Gasteiger partial charge in [-0.2, -0.15) is 0 Å². The van der Waals surface area contributed by atoms with Gasteiger partial charge in [-0.05, 0) is 23.3 Å². The predicted molar refractivity (Wildman–Crippen MR) is 88.6 cm³/mol. The molecule has 0 aliphatic heterocycles. The van der Waals surface area contributed by atoms with Crippen LogP contribution >= 0.6 is 0 Å². The zero-order valence-corrected chi connectivity index (χ0v) is 12.3. The molecule has 0 atom stereocenters. The molecular weight excluding hydrogens is 292 g/mol. The zero-order valence-electron chi connectivity index (χ0n) is 12.3. The molecule has 0 saturated heterocycles. The van der Waals surface area contributed by atoms with E-state index in [2.05, 4.69) is 53.3 Å². The highest BCUT2D eigenvalue weighted by molar-refractivity contribution is 5.63. The molecule has 23 heavy (non-hydrogen) atoms. The highest BCUT2D eigenvalue weighted by Crippen LogP contribution is 2.24. The van der Waals surface area contributed by atoms with Gasteiger partial charge in [0, 0.05) is 0 Å². The summed E-state index contributed by atoms with van der Waals surface area (Å²) in [5.74, 6) is -0.241. The molecule has 0 saturated carbocycles. The monoisotopic (exact) mass is 308 g/mol. The molecule has 0 aliphatic carbocycles. The average Bonchev–Trinajstić information content (AvgIpc) is 2.59. The van der Waals surface area contributed by atoms with Gasteiger partial charge in [-0.25, -0.2) is 4.79 Å². The van der Waals surface area contributed by atoms with Crippen molar-refractivity contribution in [3.8, 4) is 22.6 Å². The predicted octanol–water partition coefficient (Wildman–Crippen LogP) is 4.80. The molecule has 3 aromatic rings. The van der Waals surface area contributed by atoms with Gasteiger partial charge in [-0.15, -0.1) is 0 Å². The van der Waals surface area contributed by atoms with Gasteiger partial charge in [0.1, 0.15) is 0 Å². The highest BCUT2D eigenvalue weighted by Gasteiger charge is 2.03. The van der Waals surface area contributed by atoms with E-state index in [1.165, 1.54) is 23.3 Å². The number of phenolic OH excluding ortho intramolecular Hbond substituents is 1. The summed E-state index contributed by atoms with van der Waals surface area (Å²) in [5.41, 5.74) is 2.55. The molecule has 3 aromatic carbocycles. The summed E-state index contributed by atoms with van der Waals surface area (Å²) in [6, 6.07) is 26.6. The molecule has 3 rings (SSSR count). The van der Waals surface area contributed by atoms with E-state index < -0.39 is 6.16 Å². The summed E-state index contributed by atoms with van der Waals surface area (Å²) >= 11 is 0. The van der Waals surface area contributed by atoms with Crippen molar-refractivity contribution < 1.29 is 19.7 Å². The summed E-state index contributed by atoms with van der Waals surface area (Å²) in [4.78, 5) is 9.99. The van der Waals surface area contributed by atoms with Crippen LogP contribution in [-0.2, 0) is 0 Å². The molecule has 0 radical (unpaired) electrons. The van der Waals surface area contributed by atoms with E-state index in [0.717, 1.165) is 0 Å². The number of para-hydroxylation sites is 2. The van der Waals surface area contributed by atoms with E-state index >= 15 is 0 Å². The molecule has 0 aromatic heterocycles. The fourth-order valence-corrected chi connectivity index (χ4v) is 1.90. The molecule has 0 unspecified atom stereocenters. The number of rotatable bonds is 2. The Kier molecular flexibility index (Phi) is 5.77. The molecular formula is C19H16O4. The number of carboxylic acid groups (broad SMARTS) is 1. The van der Waals surface area contributed by atoms with E-state index in [1.807, 2.05) is 12.1 Å². The van der Waals surface area contributed by atoms with Crippen molar-refractivity contribution in [2.24, 2.45) is 0 Å². The Balaban J connectivity index is 0.000000168. The van der Waals surface area contributed by atoms with Crippen molar-refractivity contribution in [2.45, 2.75) is 0 Å². The summed E-state index contributed by atoms with van der Waals surface area (Å²) in [6.07, 6.45) is -1.44. The lowest BCUT2D eigenvalue weighted by molar-refractivity contribution is 0.143. The van der Waals surface area contributed by atoms with Crippen LogP contribution in [0.15, 0.2) is 84.9 Å². The van der Waals surface area contributed by atoms with E-state index in [1.54, 1.807) is 12.1 Å². The summed E-state index contributed by atoms with van der Waals surface area (Å²) in [7, 11) is 0. The second-order valence-electron chi connectivity index (χ2n) is 4.57. The van der Waals surface area contributed by atoms with Crippen LogP contribution in [0.1, 0.15) is 0 Å². The fourth-order valence-electron chi connectivity index (χ4n) is 1.90. The Morgan fingerprint density at radius 3 is 1.57 bits per heavy atom. The summed E-state index contributed by atoms with van der Waals surface area (Å²) < 4.78 is 4.21. The Morgan fingerprint density at radius 1 is 0.696 bits per heavy atom. The van der Waals surface area contributed by atoms with Crippen LogP contribution in [0.25, 0.3) is 11.1 Å². The first-order chi connectivity index (χ1) is 11.2. The topological polar surface area (TPSA) is 66.8 Å². The van der Waals surface area contributed by atoms with E-state index in [-0.39, 0.29) is 11.5 Å². The van der Waals surface area contributed by atoms with Crippen LogP contribution in [0.3, 0.4) is 0 Å². The van der Waals surface area contributed by atoms with Crippen LogP contribution in [0, 0.1) is 0 Å². The van der Waals surface area contributed by atoms with Crippen LogP contribution in [0.4, 0.5) is 4.79 Å². The number of ether oxygens (including phenoxy) is 1. The lowest BCUT2D eigenvalue weighted by Crippen LogP contribution is -2.02. The Hall–Kier alpha value is -3.27. The molecule has 0 bridgehead atoms. The SMILES string of the molecule is O=C(O)Oc1ccccc1O.c1ccc(-c2ccccc2)cc1. The van der Waals surface area contributed by atoms with Gasteiger partial charge in [0.15, 0.2) is 11.5 Å². The van der Waals surface area contributed by atoms with Gasteiger partial charge in [0.05, 0.1) is 0 Å². The quantitative estimate of drug-likeness (QED) is 0.527. The van der Waals surface area contributed by atoms with E-state index in [4.69, 9.17) is 10.2 Å². The molecule has 116 valence electrons. The third-order valence-electron chi connectivity index (χ3n) is 2.94. The van der Waals surface area contributed by atoms with Crippen molar-refractivity contribution in [1.82, 2.24) is 0 Å². The van der Waals surface area contributed by atoms with Gasteiger partial charge in [-0.1, -0.05) is 72.8 Å². The van der Waals surface area contributed by atoms with Crippen LogP contribution in [-0.4, -0.2) is 16.4 Å². The molecule has 0 fully saturated rings. The van der Waals surface area contributed by atoms with Gasteiger partial charge in [-0.3, -0.25) is 0 Å². The first kappa shape index (κ1) is 16.1. The van der Waals surface area contributed by atoms with Crippen molar-refractivity contribution in [3.63, 3.8) is 0 Å². The van der Waals surface area contributed by atoms with E-state index in [9.17, 15) is 4.79 Å². The van der Waals surface area contributed by atoms with Crippen LogP contribution in [0.2, 0.25) is 0 Å². The number of aromatic hydroxyl groups is 1. The van der Waals surface area contributed by atoms with Gasteiger partial charge in [0.2, 0.25) is 0 Å². The second kappa shape index (κ2) is 8.24. The fraction of sp³-hybridized carbons (Fsp3) is 0.